The van der Waals surface area contributed by atoms with Gasteiger partial charge >= 0.3 is 0 Å². The second-order valence-corrected chi connectivity index (χ2v) is 2.14. The third-order valence-electron chi connectivity index (χ3n) is 1.37. The van der Waals surface area contributed by atoms with E-state index in [1.165, 1.54) is 25.7 Å². The van der Waals surface area contributed by atoms with Crippen LogP contribution >= 0.6 is 0 Å². The van der Waals surface area contributed by atoms with E-state index in [4.69, 9.17) is 0 Å². The van der Waals surface area contributed by atoms with Gasteiger partial charge in [-0.3, -0.25) is 0 Å². The molecule has 0 aliphatic heterocycles. The van der Waals surface area contributed by atoms with Crippen LogP contribution in [0.3, 0.4) is 0 Å². The topological polar surface area (TPSA) is 0 Å². The zero-order valence-electron chi connectivity index (χ0n) is 6.14. The van der Waals surface area contributed by atoms with Crippen LogP contribution in [0.5, 0.6) is 0 Å². The van der Waals surface area contributed by atoms with E-state index in [-0.39, 0.29) is 51.4 Å². The van der Waals surface area contributed by atoms with Crippen LogP contribution in [0.2, 0.25) is 0 Å². The Hall–Kier alpha value is 1.12. The Labute approximate surface area is 99.8 Å². The number of hydrogen-bond donors (Lipinski definition) is 0. The molecular weight excluding hydrogens is 135 g/mol. The Morgan fingerprint density at radius 1 is 0.778 bits per heavy atom. The summed E-state index contributed by atoms with van der Waals surface area (Å²) in [5.41, 5.74) is 0. The fourth-order valence-corrected chi connectivity index (χ4v) is 0.874. The maximum Gasteiger partial charge on any atom is 0 e. The van der Waals surface area contributed by atoms with Crippen molar-refractivity contribution in [2.24, 2.45) is 0 Å². The Kier molecular flexibility index (Phi) is 8.12. The largest absolute Gasteiger partial charge is 0.0845 e. The molecule has 0 aromatic carbocycles. The van der Waals surface area contributed by atoms with Gasteiger partial charge in [-0.15, -0.1) is 0 Å². The van der Waals surface area contributed by atoms with Crippen molar-refractivity contribution in [3.05, 3.63) is 24.3 Å². The van der Waals surface area contributed by atoms with Gasteiger partial charge in [0.25, 0.3) is 0 Å². The Bertz CT molecular complexity index is 89.1. The van der Waals surface area contributed by atoms with Crippen molar-refractivity contribution in [2.75, 3.05) is 0 Å². The first-order chi connectivity index (χ1) is 4.00. The summed E-state index contributed by atoms with van der Waals surface area (Å²) in [6, 6.07) is 0. The van der Waals surface area contributed by atoms with E-state index in [2.05, 4.69) is 24.3 Å². The zero-order chi connectivity index (χ0) is 5.66. The molecule has 1 aliphatic rings. The summed E-state index contributed by atoms with van der Waals surface area (Å²) in [6.07, 6.45) is 14.0. The summed E-state index contributed by atoms with van der Waals surface area (Å²) in [4.78, 5) is 0. The second kappa shape index (κ2) is 7.23. The van der Waals surface area contributed by atoms with Gasteiger partial charge in [0.05, 0.1) is 0 Å². The van der Waals surface area contributed by atoms with Crippen LogP contribution in [0.25, 0.3) is 0 Å². The molecule has 1 heteroatoms. The van der Waals surface area contributed by atoms with E-state index < -0.39 is 0 Å². The van der Waals surface area contributed by atoms with Gasteiger partial charge in [-0.1, -0.05) is 24.3 Å². The van der Waals surface area contributed by atoms with Crippen molar-refractivity contribution in [1.29, 1.82) is 0 Å². The van der Waals surface area contributed by atoms with Crippen molar-refractivity contribution >= 4 is 51.4 Å². The van der Waals surface area contributed by atoms with E-state index in [1.54, 1.807) is 0 Å². The van der Waals surface area contributed by atoms with Crippen LogP contribution in [0.1, 0.15) is 25.7 Å². The first-order valence-electron chi connectivity index (χ1n) is 3.32. The SMILES string of the molecule is C1=CCCCCC=C1.[K]. The van der Waals surface area contributed by atoms with Crippen molar-refractivity contribution in [2.45, 2.75) is 25.7 Å². The average molecular weight is 147 g/mol. The first-order valence-corrected chi connectivity index (χ1v) is 3.32. The van der Waals surface area contributed by atoms with E-state index in [1.807, 2.05) is 0 Å². The van der Waals surface area contributed by atoms with Gasteiger partial charge in [0.15, 0.2) is 0 Å². The second-order valence-electron chi connectivity index (χ2n) is 2.14. The normalized spacial score (nSPS) is 17.8. The molecule has 0 unspecified atom stereocenters. The van der Waals surface area contributed by atoms with Crippen molar-refractivity contribution in [3.8, 4) is 0 Å². The molecule has 0 amide bonds. The molecular formula is C8H12K. The van der Waals surface area contributed by atoms with Gasteiger partial charge in [-0.2, -0.15) is 0 Å². The van der Waals surface area contributed by atoms with Crippen molar-refractivity contribution < 1.29 is 0 Å². The van der Waals surface area contributed by atoms with Gasteiger partial charge in [0.2, 0.25) is 0 Å². The fourth-order valence-electron chi connectivity index (χ4n) is 0.874. The summed E-state index contributed by atoms with van der Waals surface area (Å²) in [5, 5.41) is 0. The van der Waals surface area contributed by atoms with Gasteiger partial charge in [0.1, 0.15) is 0 Å². The van der Waals surface area contributed by atoms with E-state index >= 15 is 0 Å². The van der Waals surface area contributed by atoms with Crippen LogP contribution in [0.4, 0.5) is 0 Å². The average Bonchev–Trinajstić information content (AvgIpc) is 1.62. The molecule has 0 N–H and O–H groups in total. The molecule has 0 aromatic heterocycles. The van der Waals surface area contributed by atoms with E-state index in [9.17, 15) is 0 Å². The summed E-state index contributed by atoms with van der Waals surface area (Å²) in [5.74, 6) is 0. The minimum absolute atomic E-state index is 0. The molecule has 9 heavy (non-hydrogen) atoms. The molecule has 0 saturated heterocycles. The molecule has 0 heterocycles. The summed E-state index contributed by atoms with van der Waals surface area (Å²) in [7, 11) is 0. The zero-order valence-corrected chi connectivity index (χ0v) is 9.26. The monoisotopic (exact) mass is 147 g/mol. The molecule has 1 aliphatic carbocycles. The third kappa shape index (κ3) is 5.56. The molecule has 0 saturated carbocycles. The number of allylic oxidation sites excluding steroid dienone is 4. The van der Waals surface area contributed by atoms with Crippen LogP contribution < -0.4 is 0 Å². The third-order valence-corrected chi connectivity index (χ3v) is 1.37. The molecule has 0 fully saturated rings. The van der Waals surface area contributed by atoms with Crippen LogP contribution in [0, 0.1) is 0 Å². The van der Waals surface area contributed by atoms with Crippen molar-refractivity contribution in [3.63, 3.8) is 0 Å². The fraction of sp³-hybridized carbons (Fsp3) is 0.500. The van der Waals surface area contributed by atoms with Gasteiger partial charge < -0.3 is 0 Å². The summed E-state index contributed by atoms with van der Waals surface area (Å²) >= 11 is 0. The molecule has 0 nitrogen and oxygen atoms in total. The van der Waals surface area contributed by atoms with Crippen LogP contribution in [-0.4, -0.2) is 51.4 Å². The Morgan fingerprint density at radius 3 is 1.67 bits per heavy atom. The maximum atomic E-state index is 2.23. The predicted octanol–water partition coefficient (Wildman–Crippen LogP) is 2.29. The molecule has 0 spiro atoms. The molecule has 0 aromatic rings. The van der Waals surface area contributed by atoms with Crippen molar-refractivity contribution in [1.82, 2.24) is 0 Å². The molecule has 0 bridgehead atoms. The maximum absolute atomic E-state index is 2.23. The van der Waals surface area contributed by atoms with Gasteiger partial charge in [-0.25, -0.2) is 0 Å². The minimum atomic E-state index is 0. The molecule has 1 rings (SSSR count). The number of hydrogen-bond acceptors (Lipinski definition) is 0. The molecule has 45 valence electrons. The molecule has 1 radical (unpaired) electrons. The van der Waals surface area contributed by atoms with Gasteiger partial charge in [0, 0.05) is 51.4 Å². The van der Waals surface area contributed by atoms with Crippen LogP contribution in [0.15, 0.2) is 24.3 Å². The van der Waals surface area contributed by atoms with E-state index in [0.29, 0.717) is 0 Å². The predicted molar refractivity (Wildman–Crippen MR) is 42.5 cm³/mol. The molecule has 0 atom stereocenters. The summed E-state index contributed by atoms with van der Waals surface area (Å²) in [6.45, 7) is 0. The first kappa shape index (κ1) is 10.1. The standard InChI is InChI=1S/C8H12.K/c1-2-4-6-8-7-5-3-1;/h1-4H,5-8H2;. The van der Waals surface area contributed by atoms with Gasteiger partial charge in [-0.05, 0) is 25.7 Å². The van der Waals surface area contributed by atoms with E-state index in [0.717, 1.165) is 0 Å². The number of rotatable bonds is 0. The Morgan fingerprint density at radius 2 is 1.22 bits per heavy atom. The van der Waals surface area contributed by atoms with Crippen LogP contribution in [-0.2, 0) is 0 Å². The smallest absolute Gasteiger partial charge is 0 e. The summed E-state index contributed by atoms with van der Waals surface area (Å²) < 4.78 is 0. The minimum Gasteiger partial charge on any atom is -0.0845 e. The quantitative estimate of drug-likeness (QED) is 0.461. The Balaban J connectivity index is 0.000000640.